The maximum absolute atomic E-state index is 13.6. The van der Waals surface area contributed by atoms with E-state index >= 15 is 0 Å². The molecule has 0 unspecified atom stereocenters. The number of carbonyl (C=O) groups excluding carboxylic acids is 3. The fourth-order valence-electron chi connectivity index (χ4n) is 4.56. The topological polar surface area (TPSA) is 116 Å². The Morgan fingerprint density at radius 1 is 0.891 bits per heavy atom. The predicted molar refractivity (Wildman–Crippen MR) is 187 cm³/mol. The van der Waals surface area contributed by atoms with Gasteiger partial charge in [0.1, 0.15) is 5.70 Å². The third-order valence-electron chi connectivity index (χ3n) is 6.80. The van der Waals surface area contributed by atoms with Crippen LogP contribution in [-0.2, 0) is 9.59 Å². The molecular formula is C35H26ClN5O3S2. The molecule has 0 aliphatic carbocycles. The highest BCUT2D eigenvalue weighted by Crippen LogP contribution is 2.27. The van der Waals surface area contributed by atoms with Crippen molar-refractivity contribution in [3.8, 4) is 11.3 Å². The summed E-state index contributed by atoms with van der Waals surface area (Å²) < 4.78 is 0. The van der Waals surface area contributed by atoms with Gasteiger partial charge in [0.05, 0.1) is 11.4 Å². The smallest absolute Gasteiger partial charge is 0.272 e. The number of benzene rings is 4. The normalized spacial score (nSPS) is 11.3. The summed E-state index contributed by atoms with van der Waals surface area (Å²) in [5, 5.41) is 12.4. The minimum atomic E-state index is -0.491. The van der Waals surface area contributed by atoms with Gasteiger partial charge in [0, 0.05) is 54.8 Å². The van der Waals surface area contributed by atoms with Crippen molar-refractivity contribution in [3.05, 3.63) is 137 Å². The molecule has 4 aromatic carbocycles. The Kier molecular flexibility index (Phi) is 9.59. The first-order chi connectivity index (χ1) is 22.4. The van der Waals surface area contributed by atoms with Gasteiger partial charge >= 0.3 is 0 Å². The summed E-state index contributed by atoms with van der Waals surface area (Å²) in [5.41, 5.74) is 4.35. The third kappa shape index (κ3) is 7.73. The molecule has 0 atom stereocenters. The van der Waals surface area contributed by atoms with E-state index in [1.807, 2.05) is 53.9 Å². The predicted octanol–water partition coefficient (Wildman–Crippen LogP) is 8.09. The maximum atomic E-state index is 13.6. The van der Waals surface area contributed by atoms with E-state index in [0.29, 0.717) is 21.4 Å². The number of amides is 3. The van der Waals surface area contributed by atoms with E-state index in [0.717, 1.165) is 32.6 Å². The number of H-pyrrole nitrogens is 1. The molecule has 228 valence electrons. The molecule has 0 aliphatic rings. The van der Waals surface area contributed by atoms with Gasteiger partial charge in [-0.25, -0.2) is 4.98 Å². The first kappa shape index (κ1) is 30.8. The Bertz CT molecular complexity index is 2060. The van der Waals surface area contributed by atoms with E-state index < -0.39 is 11.8 Å². The Morgan fingerprint density at radius 2 is 1.67 bits per heavy atom. The van der Waals surface area contributed by atoms with Gasteiger partial charge in [-0.1, -0.05) is 66.2 Å². The van der Waals surface area contributed by atoms with Crippen molar-refractivity contribution in [2.24, 2.45) is 0 Å². The lowest BCUT2D eigenvalue weighted by Gasteiger charge is -2.12. The van der Waals surface area contributed by atoms with Gasteiger partial charge in [0.2, 0.25) is 5.91 Å². The molecule has 11 heteroatoms. The van der Waals surface area contributed by atoms with Gasteiger partial charge in [-0.3, -0.25) is 14.4 Å². The Balaban J connectivity index is 1.12. The van der Waals surface area contributed by atoms with Gasteiger partial charge in [0.25, 0.3) is 11.8 Å². The van der Waals surface area contributed by atoms with Crippen LogP contribution in [0.2, 0.25) is 5.02 Å². The number of halogens is 1. The van der Waals surface area contributed by atoms with E-state index in [1.54, 1.807) is 66.9 Å². The van der Waals surface area contributed by atoms with Crippen molar-refractivity contribution >= 4 is 80.2 Å². The molecule has 0 saturated heterocycles. The monoisotopic (exact) mass is 663 g/mol. The molecule has 8 nitrogen and oxygen atoms in total. The van der Waals surface area contributed by atoms with Crippen LogP contribution in [0.3, 0.4) is 0 Å². The number of thioether (sulfide) groups is 1. The molecule has 46 heavy (non-hydrogen) atoms. The zero-order valence-corrected chi connectivity index (χ0v) is 26.5. The van der Waals surface area contributed by atoms with Crippen molar-refractivity contribution in [1.82, 2.24) is 15.3 Å². The zero-order valence-electron chi connectivity index (χ0n) is 24.1. The zero-order chi connectivity index (χ0) is 31.9. The van der Waals surface area contributed by atoms with E-state index in [2.05, 4.69) is 25.9 Å². The van der Waals surface area contributed by atoms with Crippen molar-refractivity contribution in [3.63, 3.8) is 0 Å². The number of hydrogen-bond acceptors (Lipinski definition) is 6. The molecule has 0 spiro atoms. The number of nitrogens with one attached hydrogen (secondary N) is 4. The van der Waals surface area contributed by atoms with Crippen LogP contribution in [0.25, 0.3) is 28.2 Å². The number of rotatable bonds is 10. The van der Waals surface area contributed by atoms with E-state index in [9.17, 15) is 14.4 Å². The summed E-state index contributed by atoms with van der Waals surface area (Å²) in [6, 6.07) is 30.9. The molecule has 0 radical (unpaired) electrons. The number of aromatic nitrogens is 2. The first-order valence-corrected chi connectivity index (χ1v) is 16.4. The summed E-state index contributed by atoms with van der Waals surface area (Å²) in [6.45, 7) is 0. The van der Waals surface area contributed by atoms with Crippen LogP contribution in [0.4, 0.5) is 10.8 Å². The molecule has 3 amide bonds. The SMILES string of the molecule is O=C(CSc1cccc(NC(=O)/C(=C/c2c[nH]c3ccccc23)NC(=O)c2ccccc2)c1)Nc1nc(-c2ccc(Cl)cc2)cs1. The van der Waals surface area contributed by atoms with Crippen molar-refractivity contribution in [2.75, 3.05) is 16.4 Å². The molecule has 4 N–H and O–H groups in total. The highest BCUT2D eigenvalue weighted by Gasteiger charge is 2.17. The van der Waals surface area contributed by atoms with Crippen molar-refractivity contribution < 1.29 is 14.4 Å². The molecule has 0 bridgehead atoms. The summed E-state index contributed by atoms with van der Waals surface area (Å²) in [5.74, 6) is -0.956. The molecule has 2 heterocycles. The minimum Gasteiger partial charge on any atom is -0.361 e. The van der Waals surface area contributed by atoms with E-state index in [4.69, 9.17) is 11.6 Å². The second-order valence-electron chi connectivity index (χ2n) is 10.0. The van der Waals surface area contributed by atoms with Gasteiger partial charge in [0.15, 0.2) is 5.13 Å². The summed E-state index contributed by atoms with van der Waals surface area (Å²) in [6.07, 6.45) is 3.44. The second kappa shape index (κ2) is 14.3. The molecule has 6 rings (SSSR count). The number of hydrogen-bond donors (Lipinski definition) is 4. The van der Waals surface area contributed by atoms with Crippen LogP contribution in [0.1, 0.15) is 15.9 Å². The molecule has 6 aromatic rings. The fourth-order valence-corrected chi connectivity index (χ4v) is 6.18. The number of nitrogens with zero attached hydrogens (tertiary/aromatic N) is 1. The van der Waals surface area contributed by atoms with Gasteiger partial charge < -0.3 is 20.9 Å². The molecule has 0 fully saturated rings. The van der Waals surface area contributed by atoms with Gasteiger partial charge in [-0.05, 0) is 54.6 Å². The third-order valence-corrected chi connectivity index (χ3v) is 8.81. The first-order valence-electron chi connectivity index (χ1n) is 14.1. The number of thiazole rings is 1. The van der Waals surface area contributed by atoms with Crippen LogP contribution in [-0.4, -0.2) is 33.4 Å². The van der Waals surface area contributed by atoms with Crippen LogP contribution >= 0.6 is 34.7 Å². The lowest BCUT2D eigenvalue weighted by atomic mass is 10.1. The highest BCUT2D eigenvalue weighted by molar-refractivity contribution is 8.00. The Hall–Kier alpha value is -5.16. The average Bonchev–Trinajstić information content (AvgIpc) is 3.71. The number of carbonyl (C=O) groups is 3. The summed E-state index contributed by atoms with van der Waals surface area (Å²) in [7, 11) is 0. The average molecular weight is 664 g/mol. The highest BCUT2D eigenvalue weighted by atomic mass is 35.5. The van der Waals surface area contributed by atoms with Gasteiger partial charge in [-0.2, -0.15) is 0 Å². The van der Waals surface area contributed by atoms with E-state index in [-0.39, 0.29) is 17.4 Å². The number of anilines is 2. The Labute approximate surface area is 277 Å². The number of para-hydroxylation sites is 1. The van der Waals surface area contributed by atoms with Crippen LogP contribution in [0.5, 0.6) is 0 Å². The number of aromatic amines is 1. The molecule has 0 saturated carbocycles. The summed E-state index contributed by atoms with van der Waals surface area (Å²) in [4.78, 5) is 47.8. The lowest BCUT2D eigenvalue weighted by Crippen LogP contribution is -2.30. The Morgan fingerprint density at radius 3 is 2.50 bits per heavy atom. The quantitative estimate of drug-likeness (QED) is 0.0874. The van der Waals surface area contributed by atoms with Crippen molar-refractivity contribution in [1.29, 1.82) is 0 Å². The minimum absolute atomic E-state index is 0.0810. The number of fused-ring (bicyclic) bond motifs is 1. The fraction of sp³-hybridized carbons (Fsp3) is 0.0286. The van der Waals surface area contributed by atoms with Gasteiger partial charge in [-0.15, -0.1) is 23.1 Å². The van der Waals surface area contributed by atoms with Crippen LogP contribution in [0.15, 0.2) is 125 Å². The largest absolute Gasteiger partial charge is 0.361 e. The van der Waals surface area contributed by atoms with Crippen molar-refractivity contribution in [2.45, 2.75) is 4.90 Å². The standard InChI is InChI=1S/C35H26ClN5O3S2/c36-25-15-13-22(14-16-25)31-20-46-35(40-31)41-32(42)21-45-27-10-6-9-26(18-27)38-34(44)30(39-33(43)23-7-2-1-3-8-23)17-24-19-37-29-12-5-4-11-28(24)29/h1-20,37H,21H2,(H,38,44)(H,39,43)(H,40,41,42)/b30-17-. The molecular weight excluding hydrogens is 638 g/mol. The second-order valence-corrected chi connectivity index (χ2v) is 12.4. The van der Waals surface area contributed by atoms with Crippen LogP contribution < -0.4 is 16.0 Å². The van der Waals surface area contributed by atoms with Crippen LogP contribution in [0, 0.1) is 0 Å². The summed E-state index contributed by atoms with van der Waals surface area (Å²) >= 11 is 8.64. The molecule has 2 aromatic heterocycles. The maximum Gasteiger partial charge on any atom is 0.272 e. The molecule has 0 aliphatic heterocycles. The van der Waals surface area contributed by atoms with E-state index in [1.165, 1.54) is 23.1 Å². The lowest BCUT2D eigenvalue weighted by molar-refractivity contribution is -0.114.